The second-order valence-electron chi connectivity index (χ2n) is 4.61. The Bertz CT molecular complexity index is 681. The molecule has 2 aromatic carbocycles. The second kappa shape index (κ2) is 7.61. The fourth-order valence-corrected chi connectivity index (χ4v) is 2.04. The van der Waals surface area contributed by atoms with E-state index in [0.717, 1.165) is 11.3 Å². The summed E-state index contributed by atoms with van der Waals surface area (Å²) in [4.78, 5) is 12.0. The summed E-state index contributed by atoms with van der Waals surface area (Å²) >= 11 is 5.93. The minimum atomic E-state index is -0.274. The van der Waals surface area contributed by atoms with Crippen molar-refractivity contribution in [1.29, 1.82) is 0 Å². The number of nitrogens with zero attached hydrogens (tertiary/aromatic N) is 1. The number of hydrogen-bond acceptors (Lipinski definition) is 3. The van der Waals surface area contributed by atoms with E-state index in [1.165, 1.54) is 0 Å². The smallest absolute Gasteiger partial charge is 0.271 e. The highest BCUT2D eigenvalue weighted by Crippen LogP contribution is 2.13. The van der Waals surface area contributed by atoms with Crippen molar-refractivity contribution in [3.8, 4) is 5.75 Å². The van der Waals surface area contributed by atoms with Gasteiger partial charge in [0.15, 0.2) is 0 Å². The lowest BCUT2D eigenvalue weighted by atomic mass is 10.1. The molecule has 0 unspecified atom stereocenters. The largest absolute Gasteiger partial charge is 0.494 e. The first-order chi connectivity index (χ1) is 10.6. The van der Waals surface area contributed by atoms with Crippen LogP contribution in [0.15, 0.2) is 53.6 Å². The first-order valence-electron chi connectivity index (χ1n) is 6.93. The number of carbonyl (C=O) groups is 1. The average molecular weight is 317 g/mol. The van der Waals surface area contributed by atoms with Crippen molar-refractivity contribution in [2.24, 2.45) is 5.10 Å². The normalized spacial score (nSPS) is 11.1. The molecule has 1 N–H and O–H groups in total. The van der Waals surface area contributed by atoms with Crippen molar-refractivity contribution in [3.63, 3.8) is 0 Å². The molecule has 2 aromatic rings. The lowest BCUT2D eigenvalue weighted by molar-refractivity contribution is 0.0955. The van der Waals surface area contributed by atoms with Gasteiger partial charge in [-0.2, -0.15) is 5.10 Å². The fraction of sp³-hybridized carbons (Fsp3) is 0.176. The van der Waals surface area contributed by atoms with Crippen LogP contribution in [0, 0.1) is 0 Å². The first kappa shape index (κ1) is 16.0. The number of hydrazone groups is 1. The molecule has 2 rings (SSSR count). The number of halogens is 1. The van der Waals surface area contributed by atoms with Gasteiger partial charge >= 0.3 is 0 Å². The zero-order valence-electron chi connectivity index (χ0n) is 12.5. The van der Waals surface area contributed by atoms with Crippen molar-refractivity contribution in [2.75, 3.05) is 6.61 Å². The molecule has 4 nitrogen and oxygen atoms in total. The Kier molecular flexibility index (Phi) is 5.55. The van der Waals surface area contributed by atoms with Gasteiger partial charge in [0.05, 0.1) is 12.3 Å². The number of rotatable bonds is 5. The molecule has 22 heavy (non-hydrogen) atoms. The van der Waals surface area contributed by atoms with Crippen molar-refractivity contribution >= 4 is 23.2 Å². The van der Waals surface area contributed by atoms with Crippen LogP contribution >= 0.6 is 11.6 Å². The van der Waals surface area contributed by atoms with Gasteiger partial charge in [0, 0.05) is 10.6 Å². The summed E-state index contributed by atoms with van der Waals surface area (Å²) in [6.45, 7) is 4.31. The maximum atomic E-state index is 12.0. The number of amides is 1. The highest BCUT2D eigenvalue weighted by atomic mass is 35.5. The van der Waals surface area contributed by atoms with Crippen LogP contribution in [0.5, 0.6) is 5.75 Å². The van der Waals surface area contributed by atoms with Crippen molar-refractivity contribution < 1.29 is 9.53 Å². The van der Waals surface area contributed by atoms with Gasteiger partial charge in [-0.25, -0.2) is 5.43 Å². The van der Waals surface area contributed by atoms with Crippen LogP contribution in [0.4, 0.5) is 0 Å². The monoisotopic (exact) mass is 316 g/mol. The minimum absolute atomic E-state index is 0.274. The SMILES string of the molecule is CCOc1ccc(C(=O)N/N=C(\C)c2cccc(Cl)c2)cc1. The molecule has 0 heterocycles. The van der Waals surface area contributed by atoms with Gasteiger partial charge in [-0.05, 0) is 55.8 Å². The third-order valence-corrected chi connectivity index (χ3v) is 3.23. The quantitative estimate of drug-likeness (QED) is 0.672. The molecule has 0 aromatic heterocycles. The highest BCUT2D eigenvalue weighted by molar-refractivity contribution is 6.31. The topological polar surface area (TPSA) is 50.7 Å². The van der Waals surface area contributed by atoms with E-state index in [1.807, 2.05) is 26.0 Å². The molecule has 0 aliphatic carbocycles. The Labute approximate surface area is 134 Å². The van der Waals surface area contributed by atoms with Gasteiger partial charge in [0.1, 0.15) is 5.75 Å². The summed E-state index contributed by atoms with van der Waals surface area (Å²) in [7, 11) is 0. The minimum Gasteiger partial charge on any atom is -0.494 e. The molecular formula is C17H17ClN2O2. The standard InChI is InChI=1S/C17H17ClN2O2/c1-3-22-16-9-7-13(8-10-16)17(21)20-19-12(2)14-5-4-6-15(18)11-14/h4-11H,3H2,1-2H3,(H,20,21)/b19-12+. The van der Waals surface area contributed by atoms with Crippen molar-refractivity contribution in [2.45, 2.75) is 13.8 Å². The van der Waals surface area contributed by atoms with E-state index >= 15 is 0 Å². The van der Waals surface area contributed by atoms with E-state index in [4.69, 9.17) is 16.3 Å². The Hall–Kier alpha value is -2.33. The van der Waals surface area contributed by atoms with Crippen LogP contribution in [0.3, 0.4) is 0 Å². The van der Waals surface area contributed by atoms with E-state index in [9.17, 15) is 4.79 Å². The lowest BCUT2D eigenvalue weighted by Crippen LogP contribution is -2.19. The molecule has 0 spiro atoms. The summed E-state index contributed by atoms with van der Waals surface area (Å²) in [6.07, 6.45) is 0. The molecule has 114 valence electrons. The van der Waals surface area contributed by atoms with E-state index in [-0.39, 0.29) is 5.91 Å². The maximum Gasteiger partial charge on any atom is 0.271 e. The van der Waals surface area contributed by atoms with Gasteiger partial charge in [-0.1, -0.05) is 23.7 Å². The molecule has 0 atom stereocenters. The Morgan fingerprint density at radius 2 is 1.91 bits per heavy atom. The van der Waals surface area contributed by atoms with Crippen LogP contribution < -0.4 is 10.2 Å². The third-order valence-electron chi connectivity index (χ3n) is 3.00. The van der Waals surface area contributed by atoms with E-state index < -0.39 is 0 Å². The van der Waals surface area contributed by atoms with E-state index in [1.54, 1.807) is 36.4 Å². The number of benzene rings is 2. The number of hydrogen-bond donors (Lipinski definition) is 1. The molecule has 0 aliphatic rings. The lowest BCUT2D eigenvalue weighted by Gasteiger charge is -2.05. The molecule has 0 bridgehead atoms. The Balaban J connectivity index is 2.03. The van der Waals surface area contributed by atoms with Gasteiger partial charge in [-0.15, -0.1) is 0 Å². The van der Waals surface area contributed by atoms with E-state index in [0.29, 0.717) is 22.9 Å². The number of ether oxygens (including phenoxy) is 1. The van der Waals surface area contributed by atoms with Crippen LogP contribution in [-0.2, 0) is 0 Å². The van der Waals surface area contributed by atoms with Crippen LogP contribution in [0.1, 0.15) is 29.8 Å². The predicted octanol–water partition coefficient (Wildman–Crippen LogP) is 3.89. The summed E-state index contributed by atoms with van der Waals surface area (Å²) in [5.41, 5.74) is 4.60. The predicted molar refractivity (Wildman–Crippen MR) is 88.7 cm³/mol. The summed E-state index contributed by atoms with van der Waals surface area (Å²) in [5.74, 6) is 0.460. The van der Waals surface area contributed by atoms with Gasteiger partial charge in [0.25, 0.3) is 5.91 Å². The molecule has 0 saturated carbocycles. The molecule has 0 aliphatic heterocycles. The summed E-state index contributed by atoms with van der Waals surface area (Å²) < 4.78 is 5.34. The van der Waals surface area contributed by atoms with E-state index in [2.05, 4.69) is 10.5 Å². The number of carbonyl (C=O) groups excluding carboxylic acids is 1. The zero-order chi connectivity index (χ0) is 15.9. The van der Waals surface area contributed by atoms with Crippen molar-refractivity contribution in [3.05, 3.63) is 64.7 Å². The van der Waals surface area contributed by atoms with Gasteiger partial charge in [-0.3, -0.25) is 4.79 Å². The Morgan fingerprint density at radius 3 is 2.55 bits per heavy atom. The van der Waals surface area contributed by atoms with Crippen molar-refractivity contribution in [1.82, 2.24) is 5.43 Å². The molecular weight excluding hydrogens is 300 g/mol. The molecule has 0 radical (unpaired) electrons. The van der Waals surface area contributed by atoms with Gasteiger partial charge in [0.2, 0.25) is 0 Å². The van der Waals surface area contributed by atoms with Crippen LogP contribution in [0.25, 0.3) is 0 Å². The third kappa shape index (κ3) is 4.33. The molecule has 0 saturated heterocycles. The summed E-state index contributed by atoms with van der Waals surface area (Å²) in [6, 6.07) is 14.2. The first-order valence-corrected chi connectivity index (χ1v) is 7.31. The molecule has 5 heteroatoms. The number of nitrogens with one attached hydrogen (secondary N) is 1. The average Bonchev–Trinajstić information content (AvgIpc) is 2.53. The van der Waals surface area contributed by atoms with Crippen LogP contribution in [0.2, 0.25) is 5.02 Å². The molecule has 1 amide bonds. The second-order valence-corrected chi connectivity index (χ2v) is 5.04. The van der Waals surface area contributed by atoms with Gasteiger partial charge < -0.3 is 4.74 Å². The maximum absolute atomic E-state index is 12.0. The van der Waals surface area contributed by atoms with Crippen LogP contribution in [-0.4, -0.2) is 18.2 Å². The Morgan fingerprint density at radius 1 is 1.18 bits per heavy atom. The highest BCUT2D eigenvalue weighted by Gasteiger charge is 2.05. The molecule has 0 fully saturated rings. The fourth-order valence-electron chi connectivity index (χ4n) is 1.85. The zero-order valence-corrected chi connectivity index (χ0v) is 13.2. The summed E-state index contributed by atoms with van der Waals surface area (Å²) in [5, 5.41) is 4.73.